The lowest BCUT2D eigenvalue weighted by molar-refractivity contribution is -0.138. The van der Waals surface area contributed by atoms with Gasteiger partial charge in [-0.3, -0.25) is 14.6 Å². The van der Waals surface area contributed by atoms with Crippen LogP contribution in [-0.2, 0) is 11.3 Å². The van der Waals surface area contributed by atoms with Crippen molar-refractivity contribution in [2.75, 3.05) is 39.3 Å². The Bertz CT molecular complexity index is 623. The molecule has 1 aromatic rings. The molecule has 0 spiro atoms. The minimum absolute atomic E-state index is 0.268. The topological polar surface area (TPSA) is 76.1 Å². The first-order valence-electron chi connectivity index (χ1n) is 9.81. The first-order valence-corrected chi connectivity index (χ1v) is 9.81. The van der Waals surface area contributed by atoms with E-state index in [9.17, 15) is 9.59 Å². The van der Waals surface area contributed by atoms with E-state index in [2.05, 4.69) is 45.4 Å². The van der Waals surface area contributed by atoms with Gasteiger partial charge in [-0.2, -0.15) is 0 Å². The Morgan fingerprint density at radius 2 is 1.70 bits per heavy atom. The van der Waals surface area contributed by atoms with Crippen molar-refractivity contribution in [3.8, 4) is 0 Å². The highest BCUT2D eigenvalue weighted by Crippen LogP contribution is 2.19. The summed E-state index contributed by atoms with van der Waals surface area (Å²) in [5, 5.41) is 11.5. The Hall–Kier alpha value is -2.12. The monoisotopic (exact) mass is 374 g/mol. The van der Waals surface area contributed by atoms with Crippen LogP contribution in [0.4, 0.5) is 4.79 Å². The zero-order valence-electron chi connectivity index (χ0n) is 16.0. The predicted molar refractivity (Wildman–Crippen MR) is 104 cm³/mol. The molecule has 0 saturated carbocycles. The predicted octanol–water partition coefficient (Wildman–Crippen LogP) is 1.45. The van der Waals surface area contributed by atoms with Gasteiger partial charge in [0.1, 0.15) is 6.04 Å². The summed E-state index contributed by atoms with van der Waals surface area (Å²) >= 11 is 0. The van der Waals surface area contributed by atoms with E-state index < -0.39 is 12.0 Å². The zero-order valence-corrected chi connectivity index (χ0v) is 16.0. The van der Waals surface area contributed by atoms with E-state index in [0.717, 1.165) is 45.6 Å². The molecule has 0 unspecified atom stereocenters. The third kappa shape index (κ3) is 5.43. The van der Waals surface area contributed by atoms with Gasteiger partial charge in [0.2, 0.25) is 0 Å². The molecule has 27 heavy (non-hydrogen) atoms. The van der Waals surface area contributed by atoms with Gasteiger partial charge in [0.15, 0.2) is 0 Å². The Kier molecular flexibility index (Phi) is 6.68. The van der Waals surface area contributed by atoms with Gasteiger partial charge in [-0.1, -0.05) is 30.3 Å². The van der Waals surface area contributed by atoms with Crippen molar-refractivity contribution in [1.29, 1.82) is 0 Å². The molecule has 2 fully saturated rings. The molecule has 0 aromatic heterocycles. The average Bonchev–Trinajstić information content (AvgIpc) is 2.69. The third-order valence-corrected chi connectivity index (χ3v) is 5.63. The average molecular weight is 374 g/mol. The number of carboxylic acid groups (broad SMARTS) is 1. The molecule has 2 N–H and O–H groups in total. The maximum Gasteiger partial charge on any atom is 0.325 e. The lowest BCUT2D eigenvalue weighted by Crippen LogP contribution is -2.55. The standard InChI is InChI=1S/C20H30N4O3/c1-16(19(25)26)21-20(27)24-9-7-18(8-10-24)23-13-11-22(12-14-23)15-17-5-3-2-4-6-17/h2-6,16,18H,7-15H2,1H3,(H,21,27)(H,25,26)/t16-/m0/s1. The van der Waals surface area contributed by atoms with E-state index in [1.807, 2.05) is 0 Å². The molecule has 2 amide bonds. The van der Waals surface area contributed by atoms with Crippen molar-refractivity contribution in [3.63, 3.8) is 0 Å². The van der Waals surface area contributed by atoms with Gasteiger partial charge in [-0.15, -0.1) is 0 Å². The van der Waals surface area contributed by atoms with Gasteiger partial charge in [0.05, 0.1) is 0 Å². The summed E-state index contributed by atoms with van der Waals surface area (Å²) in [5.41, 5.74) is 1.36. The number of hydrogen-bond acceptors (Lipinski definition) is 4. The van der Waals surface area contributed by atoms with E-state index in [4.69, 9.17) is 5.11 Å². The molecule has 0 radical (unpaired) electrons. The molecule has 2 aliphatic heterocycles. The van der Waals surface area contributed by atoms with Crippen molar-refractivity contribution in [2.45, 2.75) is 38.4 Å². The number of carboxylic acids is 1. The molecule has 3 rings (SSSR count). The molecule has 7 heteroatoms. The number of nitrogens with zero attached hydrogens (tertiary/aromatic N) is 3. The highest BCUT2D eigenvalue weighted by Gasteiger charge is 2.29. The second kappa shape index (κ2) is 9.19. The Morgan fingerprint density at radius 1 is 1.07 bits per heavy atom. The number of hydrogen-bond donors (Lipinski definition) is 2. The molecule has 1 atom stereocenters. The van der Waals surface area contributed by atoms with Gasteiger partial charge in [0, 0.05) is 51.9 Å². The molecule has 2 aliphatic rings. The first-order chi connectivity index (χ1) is 13.0. The summed E-state index contributed by atoms with van der Waals surface area (Å²) in [5.74, 6) is -1.01. The number of nitrogens with one attached hydrogen (secondary N) is 1. The lowest BCUT2D eigenvalue weighted by atomic mass is 10.0. The van der Waals surface area contributed by atoms with Crippen molar-refractivity contribution in [2.24, 2.45) is 0 Å². The van der Waals surface area contributed by atoms with Gasteiger partial charge in [-0.25, -0.2) is 4.79 Å². The SMILES string of the molecule is C[C@H](NC(=O)N1CCC(N2CCN(Cc3ccccc3)CC2)CC1)C(=O)O. The summed E-state index contributed by atoms with van der Waals surface area (Å²) in [4.78, 5) is 29.8. The molecule has 0 aliphatic carbocycles. The largest absolute Gasteiger partial charge is 0.480 e. The van der Waals surface area contributed by atoms with Crippen LogP contribution < -0.4 is 5.32 Å². The minimum atomic E-state index is -1.01. The van der Waals surface area contributed by atoms with E-state index >= 15 is 0 Å². The van der Waals surface area contributed by atoms with Crippen LogP contribution >= 0.6 is 0 Å². The number of carbonyl (C=O) groups is 2. The molecular weight excluding hydrogens is 344 g/mol. The maximum absolute atomic E-state index is 12.1. The quantitative estimate of drug-likeness (QED) is 0.816. The summed E-state index contributed by atoms with van der Waals surface area (Å²) in [6.07, 6.45) is 1.90. The number of urea groups is 1. The van der Waals surface area contributed by atoms with E-state index in [1.54, 1.807) is 4.90 Å². The van der Waals surface area contributed by atoms with Crippen molar-refractivity contribution >= 4 is 12.0 Å². The number of likely N-dealkylation sites (tertiary alicyclic amines) is 1. The second-order valence-corrected chi connectivity index (χ2v) is 7.53. The number of carbonyl (C=O) groups excluding carboxylic acids is 1. The molecular formula is C20H30N4O3. The van der Waals surface area contributed by atoms with Gasteiger partial charge in [-0.05, 0) is 25.3 Å². The third-order valence-electron chi connectivity index (χ3n) is 5.63. The Labute approximate surface area is 160 Å². The highest BCUT2D eigenvalue weighted by atomic mass is 16.4. The maximum atomic E-state index is 12.1. The minimum Gasteiger partial charge on any atom is -0.480 e. The molecule has 0 bridgehead atoms. The van der Waals surface area contributed by atoms with Crippen LogP contribution in [0.25, 0.3) is 0 Å². The van der Waals surface area contributed by atoms with Crippen molar-refractivity contribution < 1.29 is 14.7 Å². The normalized spacial score (nSPS) is 21.0. The molecule has 1 aromatic carbocycles. The van der Waals surface area contributed by atoms with Crippen LogP contribution in [0.1, 0.15) is 25.3 Å². The van der Waals surface area contributed by atoms with Crippen molar-refractivity contribution in [3.05, 3.63) is 35.9 Å². The fourth-order valence-corrected chi connectivity index (χ4v) is 3.90. The Balaban J connectivity index is 1.39. The first kappa shape index (κ1) is 19.6. The summed E-state index contributed by atoms with van der Waals surface area (Å²) in [6.45, 7) is 8.16. The van der Waals surface area contributed by atoms with Gasteiger partial charge < -0.3 is 15.3 Å². The fourth-order valence-electron chi connectivity index (χ4n) is 3.90. The fraction of sp³-hybridized carbons (Fsp3) is 0.600. The zero-order chi connectivity index (χ0) is 19.2. The van der Waals surface area contributed by atoms with Gasteiger partial charge in [0.25, 0.3) is 0 Å². The number of aliphatic carboxylic acids is 1. The lowest BCUT2D eigenvalue weighted by Gasteiger charge is -2.42. The van der Waals surface area contributed by atoms with E-state index in [1.165, 1.54) is 12.5 Å². The van der Waals surface area contributed by atoms with Crippen molar-refractivity contribution in [1.82, 2.24) is 20.0 Å². The number of amides is 2. The smallest absolute Gasteiger partial charge is 0.325 e. The number of piperazine rings is 1. The summed E-state index contributed by atoms with van der Waals surface area (Å²) in [7, 11) is 0. The highest BCUT2D eigenvalue weighted by molar-refractivity contribution is 5.82. The van der Waals surface area contributed by atoms with Crippen LogP contribution in [0.15, 0.2) is 30.3 Å². The van der Waals surface area contributed by atoms with Crippen LogP contribution in [0.2, 0.25) is 0 Å². The van der Waals surface area contributed by atoms with Crippen LogP contribution in [0, 0.1) is 0 Å². The molecule has 2 heterocycles. The molecule has 2 saturated heterocycles. The number of benzene rings is 1. The van der Waals surface area contributed by atoms with Crippen LogP contribution in [0.3, 0.4) is 0 Å². The Morgan fingerprint density at radius 3 is 2.30 bits per heavy atom. The molecule has 7 nitrogen and oxygen atoms in total. The second-order valence-electron chi connectivity index (χ2n) is 7.53. The van der Waals surface area contributed by atoms with Gasteiger partial charge >= 0.3 is 12.0 Å². The van der Waals surface area contributed by atoms with Crippen LogP contribution in [0.5, 0.6) is 0 Å². The summed E-state index contributed by atoms with van der Waals surface area (Å²) < 4.78 is 0. The van der Waals surface area contributed by atoms with E-state index in [-0.39, 0.29) is 6.03 Å². The number of rotatable bonds is 5. The van der Waals surface area contributed by atoms with Crippen LogP contribution in [-0.4, -0.2) is 83.2 Å². The van der Waals surface area contributed by atoms with E-state index in [0.29, 0.717) is 19.1 Å². The summed E-state index contributed by atoms with van der Waals surface area (Å²) in [6, 6.07) is 9.99. The number of piperidine rings is 1. The molecule has 148 valence electrons.